The average Bonchev–Trinajstić information content (AvgIpc) is 3.33. The highest BCUT2D eigenvalue weighted by atomic mass is 32.2. The lowest BCUT2D eigenvalue weighted by molar-refractivity contribution is -0.141. The van der Waals surface area contributed by atoms with Crippen LogP contribution in [0.1, 0.15) is 37.7 Å². The zero-order valence-corrected chi connectivity index (χ0v) is 21.2. The fourth-order valence-electron chi connectivity index (χ4n) is 5.44. The van der Waals surface area contributed by atoms with Crippen LogP contribution in [0.15, 0.2) is 65.6 Å². The van der Waals surface area contributed by atoms with Crippen molar-refractivity contribution in [2.45, 2.75) is 47.7 Å². The van der Waals surface area contributed by atoms with E-state index in [2.05, 4.69) is 10.3 Å². The molecule has 6 rings (SSSR count). The normalized spacial score (nSPS) is 21.2. The third-order valence-electron chi connectivity index (χ3n) is 7.75. The lowest BCUT2D eigenvalue weighted by Gasteiger charge is -2.17. The van der Waals surface area contributed by atoms with Crippen molar-refractivity contribution in [2.24, 2.45) is 5.92 Å². The minimum Gasteiger partial charge on any atom is -0.481 e. The number of benzene rings is 2. The van der Waals surface area contributed by atoms with Crippen LogP contribution < -0.4 is 14.8 Å². The number of hydrogen-bond donors (Lipinski definition) is 2. The van der Waals surface area contributed by atoms with Gasteiger partial charge in [-0.05, 0) is 67.6 Å². The van der Waals surface area contributed by atoms with Crippen molar-refractivity contribution in [2.75, 3.05) is 12.1 Å². The van der Waals surface area contributed by atoms with Gasteiger partial charge >= 0.3 is 5.97 Å². The minimum absolute atomic E-state index is 0.100. The molecule has 0 radical (unpaired) electrons. The van der Waals surface area contributed by atoms with E-state index in [0.29, 0.717) is 47.8 Å². The monoisotopic (exact) mass is 534 g/mol. The average molecular weight is 535 g/mol. The molecule has 1 amide bonds. The summed E-state index contributed by atoms with van der Waals surface area (Å²) in [6.45, 7) is 0.172. The Bertz CT molecular complexity index is 1530. The number of nitrogens with zero attached hydrogens (tertiary/aromatic N) is 1. The van der Waals surface area contributed by atoms with Crippen molar-refractivity contribution in [1.82, 2.24) is 4.98 Å². The number of pyridine rings is 1. The third-order valence-corrected chi connectivity index (χ3v) is 10.0. The van der Waals surface area contributed by atoms with Crippen LogP contribution in [0.3, 0.4) is 0 Å². The van der Waals surface area contributed by atoms with E-state index in [4.69, 9.17) is 9.47 Å². The Labute approximate surface area is 219 Å². The van der Waals surface area contributed by atoms with E-state index >= 15 is 0 Å². The summed E-state index contributed by atoms with van der Waals surface area (Å²) in [6.07, 6.45) is 2.74. The molecule has 2 saturated carbocycles. The minimum atomic E-state index is -3.77. The second-order valence-electron chi connectivity index (χ2n) is 10.00. The first-order chi connectivity index (χ1) is 18.3. The molecule has 2 heterocycles. The van der Waals surface area contributed by atoms with Crippen molar-refractivity contribution in [3.05, 3.63) is 66.2 Å². The summed E-state index contributed by atoms with van der Waals surface area (Å²) in [5, 5.41) is 11.4. The Balaban J connectivity index is 1.19. The van der Waals surface area contributed by atoms with Gasteiger partial charge in [-0.2, -0.15) is 0 Å². The van der Waals surface area contributed by atoms with E-state index in [-0.39, 0.29) is 17.6 Å². The number of rotatable bonds is 7. The summed E-state index contributed by atoms with van der Waals surface area (Å²) in [6, 6.07) is 17.1. The predicted octanol–water partition coefficient (Wildman–Crippen LogP) is 4.17. The number of aromatic nitrogens is 1. The Morgan fingerprint density at radius 3 is 2.47 bits per heavy atom. The van der Waals surface area contributed by atoms with Crippen molar-refractivity contribution >= 4 is 27.5 Å². The van der Waals surface area contributed by atoms with Gasteiger partial charge in [-0.15, -0.1) is 0 Å². The maximum absolute atomic E-state index is 13.3. The molecular formula is C28H26N2O7S. The summed E-state index contributed by atoms with van der Waals surface area (Å²) in [7, 11) is -3.77. The number of hydrogen-bond acceptors (Lipinski definition) is 7. The number of anilines is 1. The Morgan fingerprint density at radius 2 is 1.74 bits per heavy atom. The lowest BCUT2D eigenvalue weighted by Crippen LogP contribution is -2.30. The number of amides is 1. The topological polar surface area (TPSA) is 132 Å². The zero-order valence-electron chi connectivity index (χ0n) is 20.4. The van der Waals surface area contributed by atoms with Gasteiger partial charge in [-0.1, -0.05) is 30.7 Å². The Hall–Kier alpha value is -3.92. The molecule has 0 spiro atoms. The molecule has 2 atom stereocenters. The summed E-state index contributed by atoms with van der Waals surface area (Å²) in [5.74, 6) is -0.392. The number of fused-ring (bicyclic) bond motifs is 1. The molecule has 0 bridgehead atoms. The van der Waals surface area contributed by atoms with Gasteiger partial charge in [0.15, 0.2) is 21.3 Å². The Morgan fingerprint density at radius 1 is 0.974 bits per heavy atom. The summed E-state index contributed by atoms with van der Waals surface area (Å²) >= 11 is 0. The number of carboxylic acid groups (broad SMARTS) is 1. The first kappa shape index (κ1) is 24.4. The van der Waals surface area contributed by atoms with Crippen LogP contribution in [0.2, 0.25) is 0 Å². The van der Waals surface area contributed by atoms with Crippen LogP contribution in [0.4, 0.5) is 5.82 Å². The van der Waals surface area contributed by atoms with Gasteiger partial charge in [0.25, 0.3) is 0 Å². The highest BCUT2D eigenvalue weighted by Gasteiger charge is 2.52. The highest BCUT2D eigenvalue weighted by Crippen LogP contribution is 2.51. The number of carboxylic acids is 1. The standard InChI is InChI=1S/C28H26N2O7S/c31-26(32)20-3-1-5-24(20)38(34,35)19-10-7-17(8-11-19)21-4-2-6-25(29-21)30-27(33)28(13-14-28)18-9-12-22-23(15-18)37-16-36-22/h2,4,6-12,15,20,24H,1,3,5,13-14,16H2,(H,31,32)(H,29,30,33)/t20-,24?/m1/s1. The SMILES string of the molecule is O=C(O)[C@@H]1CCCC1S(=O)(=O)c1ccc(-c2cccc(NC(=O)C3(c4ccc5c(c4)OCO5)CC3)n2)cc1. The van der Waals surface area contributed by atoms with Crippen molar-refractivity contribution in [3.63, 3.8) is 0 Å². The third kappa shape index (κ3) is 4.18. The van der Waals surface area contributed by atoms with Gasteiger partial charge in [0.2, 0.25) is 12.7 Å². The highest BCUT2D eigenvalue weighted by molar-refractivity contribution is 7.92. The molecule has 196 valence electrons. The first-order valence-electron chi connectivity index (χ1n) is 12.5. The largest absolute Gasteiger partial charge is 0.481 e. The molecule has 2 fully saturated rings. The van der Waals surface area contributed by atoms with E-state index < -0.39 is 32.4 Å². The molecule has 10 heteroatoms. The zero-order chi connectivity index (χ0) is 26.5. The Kier molecular flexibility index (Phi) is 5.86. The van der Waals surface area contributed by atoms with Crippen molar-refractivity contribution < 1.29 is 32.6 Å². The summed E-state index contributed by atoms with van der Waals surface area (Å²) in [5.41, 5.74) is 1.49. The molecule has 1 aromatic heterocycles. The van der Waals surface area contributed by atoms with Gasteiger partial charge in [-0.25, -0.2) is 13.4 Å². The van der Waals surface area contributed by atoms with Crippen LogP contribution in [-0.2, 0) is 24.8 Å². The number of nitrogens with one attached hydrogen (secondary N) is 1. The van der Waals surface area contributed by atoms with E-state index in [1.54, 1.807) is 30.3 Å². The number of ether oxygens (including phenoxy) is 2. The molecule has 2 aromatic carbocycles. The molecule has 2 N–H and O–H groups in total. The van der Waals surface area contributed by atoms with E-state index in [9.17, 15) is 23.1 Å². The molecule has 9 nitrogen and oxygen atoms in total. The van der Waals surface area contributed by atoms with Gasteiger partial charge in [0.05, 0.1) is 27.2 Å². The van der Waals surface area contributed by atoms with Gasteiger partial charge in [0, 0.05) is 5.56 Å². The van der Waals surface area contributed by atoms with Crippen molar-refractivity contribution in [3.8, 4) is 22.8 Å². The molecule has 2 aliphatic carbocycles. The number of carbonyl (C=O) groups is 2. The maximum atomic E-state index is 13.3. The summed E-state index contributed by atoms with van der Waals surface area (Å²) in [4.78, 5) is 29.5. The molecule has 38 heavy (non-hydrogen) atoms. The van der Waals surface area contributed by atoms with Gasteiger partial charge in [0.1, 0.15) is 5.82 Å². The van der Waals surface area contributed by atoms with Gasteiger partial charge < -0.3 is 19.9 Å². The van der Waals surface area contributed by atoms with Crippen molar-refractivity contribution in [1.29, 1.82) is 0 Å². The number of sulfone groups is 1. The van der Waals surface area contributed by atoms with Crippen LogP contribution in [-0.4, -0.2) is 42.4 Å². The smallest absolute Gasteiger partial charge is 0.307 e. The molecule has 0 saturated heterocycles. The molecule has 1 unspecified atom stereocenters. The molecular weight excluding hydrogens is 508 g/mol. The first-order valence-corrected chi connectivity index (χ1v) is 14.1. The van der Waals surface area contributed by atoms with Gasteiger partial charge in [-0.3, -0.25) is 9.59 Å². The van der Waals surface area contributed by atoms with E-state index in [0.717, 1.165) is 18.4 Å². The quantitative estimate of drug-likeness (QED) is 0.462. The molecule has 1 aliphatic heterocycles. The van der Waals surface area contributed by atoms with E-state index in [1.807, 2.05) is 18.2 Å². The molecule has 3 aromatic rings. The van der Waals surface area contributed by atoms with E-state index in [1.165, 1.54) is 12.1 Å². The second kappa shape index (κ2) is 9.13. The van der Waals surface area contributed by atoms with Crippen LogP contribution in [0, 0.1) is 5.92 Å². The fourth-order valence-corrected chi connectivity index (χ4v) is 7.46. The predicted molar refractivity (Wildman–Crippen MR) is 138 cm³/mol. The van der Waals surface area contributed by atoms with Crippen LogP contribution in [0.25, 0.3) is 11.3 Å². The lowest BCUT2D eigenvalue weighted by atomic mass is 9.94. The second-order valence-corrected chi connectivity index (χ2v) is 12.2. The van der Waals surface area contributed by atoms with Crippen LogP contribution >= 0.6 is 0 Å². The number of aliphatic carboxylic acids is 1. The maximum Gasteiger partial charge on any atom is 0.307 e. The summed E-state index contributed by atoms with van der Waals surface area (Å²) < 4.78 is 37.1. The molecule has 3 aliphatic rings. The fraction of sp³-hybridized carbons (Fsp3) is 0.321. The number of carbonyl (C=O) groups excluding carboxylic acids is 1. The van der Waals surface area contributed by atoms with Crippen LogP contribution in [0.5, 0.6) is 11.5 Å².